The molecule has 17 heavy (non-hydrogen) atoms. The van der Waals surface area contributed by atoms with E-state index in [4.69, 9.17) is 0 Å². The fourth-order valence-corrected chi connectivity index (χ4v) is 1.98. The van der Waals surface area contributed by atoms with Gasteiger partial charge in [0, 0.05) is 24.5 Å². The monoisotopic (exact) mass is 250 g/mol. The summed E-state index contributed by atoms with van der Waals surface area (Å²) in [4.78, 5) is 18.1. The Labute approximate surface area is 102 Å². The number of anilines is 1. The number of nitrogens with one attached hydrogen (secondary N) is 1. The van der Waals surface area contributed by atoms with Gasteiger partial charge in [0.25, 0.3) is 0 Å². The molecule has 0 bridgehead atoms. The van der Waals surface area contributed by atoms with Crippen LogP contribution in [0.25, 0.3) is 0 Å². The van der Waals surface area contributed by atoms with E-state index in [-0.39, 0.29) is 5.82 Å². The van der Waals surface area contributed by atoms with Crippen molar-refractivity contribution < 1.29 is 4.92 Å². The largest absolute Gasteiger partial charge is 0.386 e. The quantitative estimate of drug-likeness (QED) is 0.649. The molecule has 0 fully saturated rings. The molecule has 0 unspecified atom stereocenters. The van der Waals surface area contributed by atoms with E-state index in [1.54, 1.807) is 29.7 Å². The molecule has 6 nitrogen and oxygen atoms in total. The number of thiazole rings is 1. The molecule has 0 saturated carbocycles. The van der Waals surface area contributed by atoms with Crippen LogP contribution in [0.2, 0.25) is 0 Å². The highest BCUT2D eigenvalue weighted by molar-refractivity contribution is 7.09. The lowest BCUT2D eigenvalue weighted by Crippen LogP contribution is -2.07. The minimum Gasteiger partial charge on any atom is -0.378 e. The normalized spacial score (nSPS) is 10.1. The molecular weight excluding hydrogens is 240 g/mol. The smallest absolute Gasteiger partial charge is 0.378 e. The lowest BCUT2D eigenvalue weighted by molar-refractivity contribution is -0.388. The van der Waals surface area contributed by atoms with Gasteiger partial charge < -0.3 is 15.4 Å². The summed E-state index contributed by atoms with van der Waals surface area (Å²) >= 11 is 1.57. The molecule has 0 aliphatic rings. The van der Waals surface area contributed by atoms with Crippen LogP contribution in [0.1, 0.15) is 5.01 Å². The molecule has 0 atom stereocenters. The van der Waals surface area contributed by atoms with Gasteiger partial charge in [-0.1, -0.05) is 0 Å². The molecule has 2 aromatic heterocycles. The van der Waals surface area contributed by atoms with Gasteiger partial charge in [-0.05, 0) is 22.0 Å². The van der Waals surface area contributed by atoms with Crippen LogP contribution in [0.5, 0.6) is 0 Å². The number of aromatic nitrogens is 2. The van der Waals surface area contributed by atoms with Crippen LogP contribution in [-0.2, 0) is 6.42 Å². The van der Waals surface area contributed by atoms with E-state index in [1.807, 2.05) is 5.38 Å². The maximum absolute atomic E-state index is 10.7. The molecule has 0 saturated heterocycles. The van der Waals surface area contributed by atoms with Crippen molar-refractivity contribution in [2.75, 3.05) is 11.9 Å². The van der Waals surface area contributed by atoms with Crippen molar-refractivity contribution in [3.63, 3.8) is 0 Å². The molecular formula is C10H10N4O2S. The Hall–Kier alpha value is -2.02. The summed E-state index contributed by atoms with van der Waals surface area (Å²) in [5, 5.41) is 16.6. The molecule has 0 aromatic carbocycles. The Morgan fingerprint density at radius 1 is 1.41 bits per heavy atom. The highest BCUT2D eigenvalue weighted by Gasteiger charge is 2.13. The van der Waals surface area contributed by atoms with Crippen LogP contribution in [0, 0.1) is 10.1 Å². The Bertz CT molecular complexity index is 501. The number of nitro groups is 1. The number of hydrogen-bond donors (Lipinski definition) is 1. The van der Waals surface area contributed by atoms with Crippen molar-refractivity contribution in [3.05, 3.63) is 45.0 Å². The molecule has 2 heterocycles. The first-order valence-electron chi connectivity index (χ1n) is 4.99. The molecule has 7 heteroatoms. The van der Waals surface area contributed by atoms with Crippen LogP contribution < -0.4 is 5.32 Å². The van der Waals surface area contributed by atoms with Gasteiger partial charge >= 0.3 is 5.82 Å². The summed E-state index contributed by atoms with van der Waals surface area (Å²) in [5.41, 5.74) is 0.439. The first kappa shape index (κ1) is 11.5. The molecule has 0 spiro atoms. The Kier molecular flexibility index (Phi) is 3.61. The van der Waals surface area contributed by atoms with Gasteiger partial charge in [0.05, 0.1) is 5.01 Å². The second-order valence-corrected chi connectivity index (χ2v) is 4.21. The SMILES string of the molecule is O=[N+]([O-])c1ncccc1NCCc1nccs1. The zero-order valence-electron chi connectivity index (χ0n) is 8.87. The third-order valence-corrected chi connectivity index (χ3v) is 2.94. The van der Waals surface area contributed by atoms with E-state index in [2.05, 4.69) is 15.3 Å². The molecule has 2 rings (SSSR count). The average molecular weight is 250 g/mol. The lowest BCUT2D eigenvalue weighted by atomic mass is 10.3. The van der Waals surface area contributed by atoms with E-state index >= 15 is 0 Å². The summed E-state index contributed by atoms with van der Waals surface area (Å²) < 4.78 is 0. The van der Waals surface area contributed by atoms with Gasteiger partial charge in [-0.15, -0.1) is 11.3 Å². The second-order valence-electron chi connectivity index (χ2n) is 3.23. The zero-order valence-corrected chi connectivity index (χ0v) is 9.68. The van der Waals surface area contributed by atoms with Crippen LogP contribution >= 0.6 is 11.3 Å². The van der Waals surface area contributed by atoms with Crippen molar-refractivity contribution in [2.45, 2.75) is 6.42 Å². The van der Waals surface area contributed by atoms with Gasteiger partial charge in [-0.25, -0.2) is 4.98 Å². The Morgan fingerprint density at radius 3 is 3.00 bits per heavy atom. The number of pyridine rings is 1. The number of hydrogen-bond acceptors (Lipinski definition) is 6. The van der Waals surface area contributed by atoms with Crippen molar-refractivity contribution in [2.24, 2.45) is 0 Å². The molecule has 88 valence electrons. The van der Waals surface area contributed by atoms with E-state index in [0.29, 0.717) is 12.2 Å². The number of rotatable bonds is 5. The van der Waals surface area contributed by atoms with Crippen LogP contribution in [0.3, 0.4) is 0 Å². The van der Waals surface area contributed by atoms with E-state index in [1.165, 1.54) is 6.20 Å². The summed E-state index contributed by atoms with van der Waals surface area (Å²) in [5.74, 6) is -0.147. The zero-order chi connectivity index (χ0) is 12.1. The van der Waals surface area contributed by atoms with Gasteiger partial charge in [-0.2, -0.15) is 0 Å². The minimum atomic E-state index is -0.494. The maximum Gasteiger partial charge on any atom is 0.386 e. The molecule has 2 aromatic rings. The first-order valence-corrected chi connectivity index (χ1v) is 5.87. The molecule has 1 N–H and O–H groups in total. The van der Waals surface area contributed by atoms with Crippen molar-refractivity contribution in [1.82, 2.24) is 9.97 Å². The summed E-state index contributed by atoms with van der Waals surface area (Å²) in [7, 11) is 0. The fraction of sp³-hybridized carbons (Fsp3) is 0.200. The number of nitrogens with zero attached hydrogens (tertiary/aromatic N) is 3. The summed E-state index contributed by atoms with van der Waals surface area (Å²) in [6.45, 7) is 0.597. The minimum absolute atomic E-state index is 0.147. The van der Waals surface area contributed by atoms with Crippen LogP contribution in [0.15, 0.2) is 29.9 Å². The molecule has 0 amide bonds. The first-order chi connectivity index (χ1) is 8.27. The van der Waals surface area contributed by atoms with E-state index < -0.39 is 4.92 Å². The van der Waals surface area contributed by atoms with Crippen molar-refractivity contribution in [3.8, 4) is 0 Å². The second kappa shape index (κ2) is 5.35. The average Bonchev–Trinajstić information content (AvgIpc) is 2.82. The Balaban J connectivity index is 1.97. The third kappa shape index (κ3) is 2.97. The lowest BCUT2D eigenvalue weighted by Gasteiger charge is -2.04. The van der Waals surface area contributed by atoms with Gasteiger partial charge in [0.1, 0.15) is 11.9 Å². The van der Waals surface area contributed by atoms with Crippen LogP contribution in [-0.4, -0.2) is 21.4 Å². The highest BCUT2D eigenvalue weighted by Crippen LogP contribution is 2.19. The van der Waals surface area contributed by atoms with E-state index in [9.17, 15) is 10.1 Å². The van der Waals surface area contributed by atoms with Crippen molar-refractivity contribution in [1.29, 1.82) is 0 Å². The van der Waals surface area contributed by atoms with Gasteiger partial charge in [-0.3, -0.25) is 0 Å². The predicted molar refractivity (Wildman–Crippen MR) is 65.2 cm³/mol. The van der Waals surface area contributed by atoms with Gasteiger partial charge in [0.2, 0.25) is 0 Å². The Morgan fingerprint density at radius 2 is 2.29 bits per heavy atom. The van der Waals surface area contributed by atoms with E-state index in [0.717, 1.165) is 11.4 Å². The highest BCUT2D eigenvalue weighted by atomic mass is 32.1. The fourth-order valence-electron chi connectivity index (χ4n) is 1.36. The molecule has 0 aliphatic carbocycles. The topological polar surface area (TPSA) is 81.0 Å². The van der Waals surface area contributed by atoms with Gasteiger partial charge in [0.15, 0.2) is 0 Å². The molecule has 0 aliphatic heterocycles. The standard InChI is InChI=1S/C10H10N4O2S/c15-14(16)10-8(2-1-4-13-10)11-5-3-9-12-6-7-17-9/h1-2,4,6-7,11H,3,5H2. The molecule has 0 radical (unpaired) electrons. The summed E-state index contributed by atoms with van der Waals surface area (Å²) in [6, 6.07) is 3.31. The van der Waals surface area contributed by atoms with Crippen LogP contribution in [0.4, 0.5) is 11.5 Å². The summed E-state index contributed by atoms with van der Waals surface area (Å²) in [6.07, 6.45) is 3.89. The third-order valence-electron chi connectivity index (χ3n) is 2.10. The predicted octanol–water partition coefficient (Wildman–Crippen LogP) is 2.10. The maximum atomic E-state index is 10.7. The van der Waals surface area contributed by atoms with Crippen molar-refractivity contribution >= 4 is 22.8 Å².